The maximum absolute atomic E-state index is 12.1. The van der Waals surface area contributed by atoms with Crippen molar-refractivity contribution in [3.05, 3.63) is 10.9 Å². The molecule has 2 rings (SSSR count). The Kier molecular flexibility index (Phi) is 1.95. The molecule has 1 aliphatic carbocycles. The van der Waals surface area contributed by atoms with E-state index in [4.69, 9.17) is 0 Å². The zero-order chi connectivity index (χ0) is 8.77. The Labute approximate surface area is 74.6 Å². The lowest BCUT2D eigenvalue weighted by Crippen LogP contribution is -2.03. The molecule has 0 aromatic carbocycles. The molecule has 0 fully saturated rings. The van der Waals surface area contributed by atoms with E-state index in [0.29, 0.717) is 0 Å². The minimum atomic E-state index is -1.83. The average molecular weight is 184 g/mol. The van der Waals surface area contributed by atoms with Gasteiger partial charge in [-0.1, -0.05) is 12.5 Å². The number of hydrogen-bond acceptors (Lipinski definition) is 1. The van der Waals surface area contributed by atoms with Crippen molar-refractivity contribution in [2.24, 2.45) is 5.92 Å². The predicted octanol–water partition coefficient (Wildman–Crippen LogP) is 3.46. The van der Waals surface area contributed by atoms with Gasteiger partial charge in [-0.3, -0.25) is 0 Å². The van der Waals surface area contributed by atoms with Gasteiger partial charge >= 0.3 is 0 Å². The van der Waals surface area contributed by atoms with Gasteiger partial charge in [0.15, 0.2) is 0 Å². The van der Waals surface area contributed by atoms with Gasteiger partial charge in [0, 0.05) is 6.16 Å². The van der Waals surface area contributed by atoms with Crippen molar-refractivity contribution in [3.63, 3.8) is 0 Å². The first-order valence-corrected chi connectivity index (χ1v) is 7.21. The first-order valence-electron chi connectivity index (χ1n) is 4.87. The van der Waals surface area contributed by atoms with Crippen LogP contribution in [0.4, 0.5) is 0 Å². The molecule has 0 saturated carbocycles. The van der Waals surface area contributed by atoms with E-state index in [0.717, 1.165) is 24.9 Å². The molecule has 0 bridgehead atoms. The number of hydrogen-bond donors (Lipinski definition) is 0. The molecule has 0 saturated heterocycles. The van der Waals surface area contributed by atoms with E-state index in [1.165, 1.54) is 18.2 Å². The first-order chi connectivity index (χ1) is 5.59. The summed E-state index contributed by atoms with van der Waals surface area (Å²) in [5, 5.41) is 1.38. The summed E-state index contributed by atoms with van der Waals surface area (Å²) in [6, 6.07) is 0. The molecule has 0 N–H and O–H groups in total. The highest BCUT2D eigenvalue weighted by Crippen LogP contribution is 2.62. The quantitative estimate of drug-likeness (QED) is 0.527. The van der Waals surface area contributed by atoms with E-state index in [-0.39, 0.29) is 0 Å². The van der Waals surface area contributed by atoms with Crippen LogP contribution in [0.1, 0.15) is 32.6 Å². The van der Waals surface area contributed by atoms with Gasteiger partial charge in [-0.25, -0.2) is 0 Å². The molecule has 0 radical (unpaired) electrons. The minimum Gasteiger partial charge on any atom is -0.319 e. The molecule has 0 aromatic rings. The van der Waals surface area contributed by atoms with Gasteiger partial charge in [0.1, 0.15) is 7.14 Å². The molecule has 2 atom stereocenters. The summed E-state index contributed by atoms with van der Waals surface area (Å²) >= 11 is 0. The van der Waals surface area contributed by atoms with Crippen LogP contribution in [0.3, 0.4) is 0 Å². The molecule has 0 aromatic heterocycles. The van der Waals surface area contributed by atoms with E-state index in [1.54, 1.807) is 5.57 Å². The summed E-state index contributed by atoms with van der Waals surface area (Å²) in [6.07, 6.45) is 5.77. The van der Waals surface area contributed by atoms with Crippen LogP contribution < -0.4 is 0 Å². The van der Waals surface area contributed by atoms with Gasteiger partial charge in [-0.05, 0) is 43.6 Å². The zero-order valence-corrected chi connectivity index (χ0v) is 8.86. The van der Waals surface area contributed by atoms with Crippen molar-refractivity contribution in [2.45, 2.75) is 32.6 Å². The van der Waals surface area contributed by atoms with Gasteiger partial charge in [-0.2, -0.15) is 0 Å². The third-order valence-corrected chi connectivity index (χ3v) is 6.02. The zero-order valence-electron chi connectivity index (χ0n) is 7.97. The van der Waals surface area contributed by atoms with Crippen molar-refractivity contribution in [2.75, 3.05) is 12.8 Å². The SMILES string of the molecule is C[C@H]1CCC2=C(C1)[P@](C)(=O)CC2. The summed E-state index contributed by atoms with van der Waals surface area (Å²) in [4.78, 5) is 0. The van der Waals surface area contributed by atoms with Crippen molar-refractivity contribution < 1.29 is 4.57 Å². The van der Waals surface area contributed by atoms with Crippen LogP contribution in [0.2, 0.25) is 0 Å². The van der Waals surface area contributed by atoms with E-state index in [9.17, 15) is 4.57 Å². The fourth-order valence-corrected chi connectivity index (χ4v) is 4.98. The molecule has 0 amide bonds. The highest BCUT2D eigenvalue weighted by atomic mass is 31.2. The lowest BCUT2D eigenvalue weighted by Gasteiger charge is -2.22. The maximum atomic E-state index is 12.1. The fourth-order valence-electron chi connectivity index (χ4n) is 2.42. The summed E-state index contributed by atoms with van der Waals surface area (Å²) in [5.41, 5.74) is 1.55. The van der Waals surface area contributed by atoms with E-state index in [2.05, 4.69) is 6.92 Å². The highest BCUT2D eigenvalue weighted by Gasteiger charge is 2.34. The largest absolute Gasteiger partial charge is 0.319 e. The van der Waals surface area contributed by atoms with Crippen LogP contribution in [0.25, 0.3) is 0 Å². The van der Waals surface area contributed by atoms with Crippen LogP contribution in [0, 0.1) is 5.92 Å². The summed E-state index contributed by atoms with van der Waals surface area (Å²) < 4.78 is 12.1. The molecule has 68 valence electrons. The molecule has 1 nitrogen and oxygen atoms in total. The molecule has 0 spiro atoms. The maximum Gasteiger partial charge on any atom is 0.109 e. The Hall–Kier alpha value is -0.0300. The Morgan fingerprint density at radius 3 is 2.92 bits per heavy atom. The van der Waals surface area contributed by atoms with Gasteiger partial charge in [0.25, 0.3) is 0 Å². The van der Waals surface area contributed by atoms with Gasteiger partial charge in [-0.15, -0.1) is 0 Å². The topological polar surface area (TPSA) is 17.1 Å². The smallest absolute Gasteiger partial charge is 0.109 e. The average Bonchev–Trinajstić information content (AvgIpc) is 2.28. The van der Waals surface area contributed by atoms with Crippen LogP contribution in [0.15, 0.2) is 10.9 Å². The van der Waals surface area contributed by atoms with Crippen molar-refractivity contribution in [1.29, 1.82) is 0 Å². The number of rotatable bonds is 0. The van der Waals surface area contributed by atoms with Crippen LogP contribution in [0.5, 0.6) is 0 Å². The van der Waals surface area contributed by atoms with E-state index >= 15 is 0 Å². The Morgan fingerprint density at radius 1 is 1.42 bits per heavy atom. The number of allylic oxidation sites excluding steroid dienone is 2. The fraction of sp³-hybridized carbons (Fsp3) is 0.800. The van der Waals surface area contributed by atoms with Crippen LogP contribution in [-0.4, -0.2) is 12.8 Å². The lowest BCUT2D eigenvalue weighted by molar-refractivity contribution is 0.503. The van der Waals surface area contributed by atoms with Crippen LogP contribution in [-0.2, 0) is 4.57 Å². The third-order valence-electron chi connectivity index (χ3n) is 3.30. The second kappa shape index (κ2) is 2.73. The molecular formula is C10H17OP. The van der Waals surface area contributed by atoms with Crippen molar-refractivity contribution in [3.8, 4) is 0 Å². The summed E-state index contributed by atoms with van der Waals surface area (Å²) in [7, 11) is -1.83. The van der Waals surface area contributed by atoms with Crippen molar-refractivity contribution in [1.82, 2.24) is 0 Å². The monoisotopic (exact) mass is 184 g/mol. The Morgan fingerprint density at radius 2 is 2.17 bits per heavy atom. The molecular weight excluding hydrogens is 167 g/mol. The Bertz CT molecular complexity index is 278. The second-order valence-corrected chi connectivity index (χ2v) is 7.66. The second-order valence-electron chi connectivity index (χ2n) is 4.47. The molecule has 2 heteroatoms. The van der Waals surface area contributed by atoms with Gasteiger partial charge in [0.05, 0.1) is 0 Å². The summed E-state index contributed by atoms with van der Waals surface area (Å²) in [6.45, 7) is 4.26. The summed E-state index contributed by atoms with van der Waals surface area (Å²) in [5.74, 6) is 0.773. The molecule has 12 heavy (non-hydrogen) atoms. The third kappa shape index (κ3) is 1.29. The molecule has 0 unspecified atom stereocenters. The van der Waals surface area contributed by atoms with Gasteiger partial charge in [0.2, 0.25) is 0 Å². The van der Waals surface area contributed by atoms with Crippen molar-refractivity contribution >= 4 is 7.14 Å². The minimum absolute atomic E-state index is 0.773. The standard InChI is InChI=1S/C10H17OP/c1-8-3-4-9-5-6-12(2,11)10(9)7-8/h8H,3-7H2,1-2H3/t8-,12+/m0/s1. The first kappa shape index (κ1) is 8.56. The van der Waals surface area contributed by atoms with E-state index < -0.39 is 7.14 Å². The van der Waals surface area contributed by atoms with Crippen LogP contribution >= 0.6 is 7.14 Å². The molecule has 2 aliphatic rings. The van der Waals surface area contributed by atoms with Gasteiger partial charge < -0.3 is 4.57 Å². The van der Waals surface area contributed by atoms with E-state index in [1.807, 2.05) is 6.66 Å². The highest BCUT2D eigenvalue weighted by molar-refractivity contribution is 7.67. The molecule has 1 heterocycles. The lowest BCUT2D eigenvalue weighted by atomic mass is 9.90. The Balaban J connectivity index is 2.32. The molecule has 1 aliphatic heterocycles. The predicted molar refractivity (Wildman–Crippen MR) is 53.1 cm³/mol. The normalized spacial score (nSPS) is 41.7.